The molecule has 0 spiro atoms. The first kappa shape index (κ1) is 15.3. The zero-order chi connectivity index (χ0) is 16.8. The van der Waals surface area contributed by atoms with Gasteiger partial charge in [0.25, 0.3) is 0 Å². The van der Waals surface area contributed by atoms with E-state index < -0.39 is 0 Å². The molecule has 3 aromatic heterocycles. The SMILES string of the molecule is C[C@H]1CC(c2cn3c(cnc4[nH]cc(C5CCOCC5)c43)n2)CCN1. The van der Waals surface area contributed by atoms with E-state index in [1.54, 1.807) is 0 Å². The molecule has 2 saturated heterocycles. The summed E-state index contributed by atoms with van der Waals surface area (Å²) in [6.45, 7) is 5.04. The van der Waals surface area contributed by atoms with Crippen LogP contribution in [-0.2, 0) is 4.74 Å². The number of hydrogen-bond acceptors (Lipinski definition) is 4. The fourth-order valence-electron chi connectivity index (χ4n) is 4.49. The fourth-order valence-corrected chi connectivity index (χ4v) is 4.49. The normalized spacial score (nSPS) is 25.8. The van der Waals surface area contributed by atoms with Gasteiger partial charge in [0, 0.05) is 37.6 Å². The molecule has 25 heavy (non-hydrogen) atoms. The Morgan fingerprint density at radius 3 is 2.92 bits per heavy atom. The van der Waals surface area contributed by atoms with Gasteiger partial charge in [-0.25, -0.2) is 9.97 Å². The summed E-state index contributed by atoms with van der Waals surface area (Å²) in [5.41, 5.74) is 5.68. The van der Waals surface area contributed by atoms with Gasteiger partial charge in [0.2, 0.25) is 0 Å². The van der Waals surface area contributed by atoms with Crippen LogP contribution in [0.5, 0.6) is 0 Å². The van der Waals surface area contributed by atoms with Gasteiger partial charge in [-0.05, 0) is 50.6 Å². The van der Waals surface area contributed by atoms with Crippen LogP contribution >= 0.6 is 0 Å². The van der Waals surface area contributed by atoms with Crippen molar-refractivity contribution in [1.82, 2.24) is 24.7 Å². The minimum absolute atomic E-state index is 0.539. The van der Waals surface area contributed by atoms with E-state index in [2.05, 4.69) is 39.0 Å². The molecule has 6 heteroatoms. The highest BCUT2D eigenvalue weighted by molar-refractivity contribution is 5.79. The van der Waals surface area contributed by atoms with E-state index in [0.717, 1.165) is 56.7 Å². The minimum atomic E-state index is 0.539. The van der Waals surface area contributed by atoms with Gasteiger partial charge in [-0.2, -0.15) is 0 Å². The lowest BCUT2D eigenvalue weighted by molar-refractivity contribution is 0.0856. The second-order valence-corrected chi connectivity index (χ2v) is 7.56. The Balaban J connectivity index is 1.60. The van der Waals surface area contributed by atoms with Crippen molar-refractivity contribution < 1.29 is 4.74 Å². The second-order valence-electron chi connectivity index (χ2n) is 7.56. The molecule has 2 atom stereocenters. The van der Waals surface area contributed by atoms with Crippen LogP contribution in [0.2, 0.25) is 0 Å². The predicted octanol–water partition coefficient (Wildman–Crippen LogP) is 2.96. The number of ether oxygens (including phenoxy) is 1. The van der Waals surface area contributed by atoms with Gasteiger partial charge in [0.15, 0.2) is 11.3 Å². The third-order valence-electron chi connectivity index (χ3n) is 5.87. The number of aromatic amines is 1. The van der Waals surface area contributed by atoms with Gasteiger partial charge in [0.1, 0.15) is 0 Å². The van der Waals surface area contributed by atoms with Crippen molar-refractivity contribution >= 4 is 16.8 Å². The first-order valence-electron chi connectivity index (χ1n) is 9.45. The van der Waals surface area contributed by atoms with Crippen molar-refractivity contribution in [2.45, 2.75) is 50.5 Å². The van der Waals surface area contributed by atoms with E-state index in [9.17, 15) is 0 Å². The number of imidazole rings is 1. The minimum Gasteiger partial charge on any atom is -0.381 e. The summed E-state index contributed by atoms with van der Waals surface area (Å²) in [5, 5.41) is 3.53. The second kappa shape index (κ2) is 6.11. The highest BCUT2D eigenvalue weighted by Gasteiger charge is 2.25. The predicted molar refractivity (Wildman–Crippen MR) is 97.1 cm³/mol. The van der Waals surface area contributed by atoms with Crippen molar-refractivity contribution in [3.8, 4) is 0 Å². The summed E-state index contributed by atoms with van der Waals surface area (Å²) in [6.07, 6.45) is 10.7. The topological polar surface area (TPSA) is 67.2 Å². The van der Waals surface area contributed by atoms with Crippen LogP contribution in [0.15, 0.2) is 18.6 Å². The van der Waals surface area contributed by atoms with Crippen LogP contribution < -0.4 is 5.32 Å². The van der Waals surface area contributed by atoms with E-state index in [4.69, 9.17) is 9.72 Å². The lowest BCUT2D eigenvalue weighted by atomic mass is 9.91. The highest BCUT2D eigenvalue weighted by atomic mass is 16.5. The molecule has 2 N–H and O–H groups in total. The molecule has 6 nitrogen and oxygen atoms in total. The molecule has 132 valence electrons. The van der Waals surface area contributed by atoms with Crippen LogP contribution in [0, 0.1) is 0 Å². The Morgan fingerprint density at radius 2 is 2.08 bits per heavy atom. The first-order chi connectivity index (χ1) is 12.3. The van der Waals surface area contributed by atoms with Crippen LogP contribution in [0.1, 0.15) is 55.7 Å². The first-order valence-corrected chi connectivity index (χ1v) is 9.45. The zero-order valence-electron chi connectivity index (χ0n) is 14.7. The van der Waals surface area contributed by atoms with E-state index >= 15 is 0 Å². The number of nitrogens with one attached hydrogen (secondary N) is 2. The molecule has 5 heterocycles. The Morgan fingerprint density at radius 1 is 1.20 bits per heavy atom. The maximum atomic E-state index is 5.54. The fraction of sp³-hybridized carbons (Fsp3) is 0.579. The molecule has 5 rings (SSSR count). The van der Waals surface area contributed by atoms with Gasteiger partial charge in [0.05, 0.1) is 17.4 Å². The van der Waals surface area contributed by atoms with Crippen molar-refractivity contribution in [2.24, 2.45) is 0 Å². The van der Waals surface area contributed by atoms with E-state index in [1.165, 1.54) is 16.8 Å². The summed E-state index contributed by atoms with van der Waals surface area (Å²) in [4.78, 5) is 12.9. The molecule has 2 fully saturated rings. The lowest BCUT2D eigenvalue weighted by Gasteiger charge is -2.26. The maximum Gasteiger partial charge on any atom is 0.156 e. The molecule has 3 aromatic rings. The Labute approximate surface area is 147 Å². The number of H-pyrrole nitrogens is 1. The van der Waals surface area contributed by atoms with Gasteiger partial charge >= 0.3 is 0 Å². The Hall–Kier alpha value is -1.92. The number of aromatic nitrogens is 4. The third kappa shape index (κ3) is 2.64. The summed E-state index contributed by atoms with van der Waals surface area (Å²) >= 11 is 0. The largest absolute Gasteiger partial charge is 0.381 e. The quantitative estimate of drug-likeness (QED) is 0.753. The molecule has 0 amide bonds. The summed E-state index contributed by atoms with van der Waals surface area (Å²) in [7, 11) is 0. The monoisotopic (exact) mass is 339 g/mol. The average Bonchev–Trinajstić information content (AvgIpc) is 3.26. The molecule has 0 radical (unpaired) electrons. The molecule has 0 aliphatic carbocycles. The van der Waals surface area contributed by atoms with Crippen LogP contribution in [0.4, 0.5) is 0 Å². The molecule has 0 saturated carbocycles. The van der Waals surface area contributed by atoms with E-state index in [-0.39, 0.29) is 0 Å². The van der Waals surface area contributed by atoms with E-state index in [1.807, 2.05) is 6.20 Å². The third-order valence-corrected chi connectivity index (χ3v) is 5.87. The van der Waals surface area contributed by atoms with Crippen LogP contribution in [0.3, 0.4) is 0 Å². The van der Waals surface area contributed by atoms with Gasteiger partial charge in [-0.15, -0.1) is 0 Å². The number of hydrogen-bond donors (Lipinski definition) is 2. The maximum absolute atomic E-state index is 5.54. The molecule has 1 unspecified atom stereocenters. The van der Waals surface area contributed by atoms with Crippen LogP contribution in [-0.4, -0.2) is 45.2 Å². The number of piperidine rings is 1. The smallest absolute Gasteiger partial charge is 0.156 e. The molecular weight excluding hydrogens is 314 g/mol. The van der Waals surface area contributed by atoms with Crippen molar-refractivity contribution in [2.75, 3.05) is 19.8 Å². The van der Waals surface area contributed by atoms with Crippen molar-refractivity contribution in [3.05, 3.63) is 29.8 Å². The van der Waals surface area contributed by atoms with Crippen molar-refractivity contribution in [1.29, 1.82) is 0 Å². The summed E-state index contributed by atoms with van der Waals surface area (Å²) in [5.74, 6) is 1.08. The van der Waals surface area contributed by atoms with Gasteiger partial charge < -0.3 is 15.0 Å². The molecule has 0 aromatic carbocycles. The Kier molecular flexibility index (Phi) is 3.75. The summed E-state index contributed by atoms with van der Waals surface area (Å²) < 4.78 is 7.80. The number of rotatable bonds is 2. The molecule has 2 aliphatic heterocycles. The molecular formula is C19H25N5O. The van der Waals surface area contributed by atoms with Gasteiger partial charge in [-0.3, -0.25) is 4.40 Å². The number of nitrogens with zero attached hydrogens (tertiary/aromatic N) is 3. The van der Waals surface area contributed by atoms with Crippen LogP contribution in [0.25, 0.3) is 16.8 Å². The molecule has 0 bridgehead atoms. The Bertz CT molecular complexity index is 892. The van der Waals surface area contributed by atoms with Crippen molar-refractivity contribution in [3.63, 3.8) is 0 Å². The lowest BCUT2D eigenvalue weighted by Crippen LogP contribution is -2.34. The highest BCUT2D eigenvalue weighted by Crippen LogP contribution is 2.33. The number of fused-ring (bicyclic) bond motifs is 3. The zero-order valence-corrected chi connectivity index (χ0v) is 14.7. The molecule has 2 aliphatic rings. The average molecular weight is 339 g/mol. The standard InChI is InChI=1S/C19H25N5O/c1-12-8-14(2-5-20-12)16-11-24-17(23-16)10-22-19-18(24)15(9-21-19)13-3-6-25-7-4-13/h9-14,20-21H,2-8H2,1H3/t12-,14?/m0/s1. The summed E-state index contributed by atoms with van der Waals surface area (Å²) in [6, 6.07) is 0.562. The van der Waals surface area contributed by atoms with E-state index in [0.29, 0.717) is 17.9 Å². The van der Waals surface area contributed by atoms with Gasteiger partial charge in [-0.1, -0.05) is 0 Å².